The topological polar surface area (TPSA) is 64.7 Å². The van der Waals surface area contributed by atoms with Gasteiger partial charge in [-0.25, -0.2) is 13.6 Å². The zero-order valence-corrected chi connectivity index (χ0v) is 21.0. The van der Waals surface area contributed by atoms with Crippen molar-refractivity contribution in [2.75, 3.05) is 29.6 Å². The first kappa shape index (κ1) is 26.7. The van der Waals surface area contributed by atoms with E-state index in [1.165, 1.54) is 30.3 Å². The normalized spacial score (nSPS) is 10.8. The van der Waals surface area contributed by atoms with Gasteiger partial charge in [-0.3, -0.25) is 4.79 Å². The molecule has 0 fully saturated rings. The standard InChI is InChI=1S/C28H32F2N4O2/c1-19(2)14-27(35)31-25-12-13-26(33(3)4)21(15-25)18-34(17-20-8-10-22(29)11-9-20)28(36)32-24-7-5-6-23(30)16-24/h5-13,15-16,19H,14,17-18H2,1-4H3,(H,31,35)(H,32,36). The molecular formula is C28H32F2N4O2. The highest BCUT2D eigenvalue weighted by molar-refractivity contribution is 5.91. The van der Waals surface area contributed by atoms with Gasteiger partial charge < -0.3 is 20.4 Å². The number of urea groups is 1. The van der Waals surface area contributed by atoms with Crippen LogP contribution in [0.1, 0.15) is 31.4 Å². The maximum absolute atomic E-state index is 13.7. The average Bonchev–Trinajstić information content (AvgIpc) is 2.79. The van der Waals surface area contributed by atoms with Crippen LogP contribution in [0.2, 0.25) is 0 Å². The fraction of sp³-hybridized carbons (Fsp3) is 0.286. The summed E-state index contributed by atoms with van der Waals surface area (Å²) < 4.78 is 27.1. The van der Waals surface area contributed by atoms with Crippen molar-refractivity contribution in [1.29, 1.82) is 0 Å². The van der Waals surface area contributed by atoms with Crippen LogP contribution in [0.5, 0.6) is 0 Å². The monoisotopic (exact) mass is 494 g/mol. The van der Waals surface area contributed by atoms with Crippen molar-refractivity contribution in [1.82, 2.24) is 4.90 Å². The first-order valence-electron chi connectivity index (χ1n) is 11.8. The van der Waals surface area contributed by atoms with Crippen LogP contribution in [0.15, 0.2) is 66.7 Å². The highest BCUT2D eigenvalue weighted by Crippen LogP contribution is 2.26. The van der Waals surface area contributed by atoms with E-state index in [1.807, 2.05) is 51.0 Å². The molecule has 3 aromatic carbocycles. The van der Waals surface area contributed by atoms with E-state index in [2.05, 4.69) is 10.6 Å². The van der Waals surface area contributed by atoms with Crippen molar-refractivity contribution in [2.45, 2.75) is 33.4 Å². The molecule has 3 rings (SSSR count). The lowest BCUT2D eigenvalue weighted by atomic mass is 10.1. The molecule has 0 aliphatic heterocycles. The molecule has 3 amide bonds. The molecule has 0 spiro atoms. The first-order chi connectivity index (χ1) is 17.1. The van der Waals surface area contributed by atoms with E-state index < -0.39 is 11.8 Å². The Hall–Kier alpha value is -3.94. The van der Waals surface area contributed by atoms with Gasteiger partial charge in [0.25, 0.3) is 0 Å². The third-order valence-corrected chi connectivity index (χ3v) is 5.45. The highest BCUT2D eigenvalue weighted by atomic mass is 19.1. The van der Waals surface area contributed by atoms with E-state index in [0.717, 1.165) is 16.8 Å². The number of hydrogen-bond acceptors (Lipinski definition) is 3. The summed E-state index contributed by atoms with van der Waals surface area (Å²) in [6.07, 6.45) is 0.400. The van der Waals surface area contributed by atoms with E-state index in [0.29, 0.717) is 17.8 Å². The van der Waals surface area contributed by atoms with Crippen LogP contribution in [0, 0.1) is 17.6 Å². The molecule has 0 aliphatic rings. The Bertz CT molecular complexity index is 1200. The van der Waals surface area contributed by atoms with Gasteiger partial charge in [0.15, 0.2) is 0 Å². The summed E-state index contributed by atoms with van der Waals surface area (Å²) in [6, 6.07) is 16.7. The molecule has 0 aliphatic carbocycles. The van der Waals surface area contributed by atoms with E-state index in [9.17, 15) is 18.4 Å². The fourth-order valence-electron chi connectivity index (χ4n) is 3.79. The quantitative estimate of drug-likeness (QED) is 0.370. The number of amides is 3. The van der Waals surface area contributed by atoms with Gasteiger partial charge in [0.2, 0.25) is 5.91 Å². The lowest BCUT2D eigenvalue weighted by Gasteiger charge is -2.27. The summed E-state index contributed by atoms with van der Waals surface area (Å²) >= 11 is 0. The molecule has 2 N–H and O–H groups in total. The second kappa shape index (κ2) is 12.2. The van der Waals surface area contributed by atoms with Gasteiger partial charge in [0.1, 0.15) is 11.6 Å². The minimum Gasteiger partial charge on any atom is -0.377 e. The van der Waals surface area contributed by atoms with Crippen molar-refractivity contribution in [3.8, 4) is 0 Å². The summed E-state index contributed by atoms with van der Waals surface area (Å²) in [5, 5.41) is 5.67. The SMILES string of the molecule is CC(C)CC(=O)Nc1ccc(N(C)C)c(CN(Cc2ccc(F)cc2)C(=O)Nc2cccc(F)c2)c1. The number of nitrogens with one attached hydrogen (secondary N) is 2. The van der Waals surface area contributed by atoms with Gasteiger partial charge in [-0.15, -0.1) is 0 Å². The van der Waals surface area contributed by atoms with Crippen LogP contribution < -0.4 is 15.5 Å². The smallest absolute Gasteiger partial charge is 0.322 e. The molecule has 0 heterocycles. The number of rotatable bonds is 9. The molecule has 8 heteroatoms. The molecule has 0 atom stereocenters. The fourth-order valence-corrected chi connectivity index (χ4v) is 3.79. The van der Waals surface area contributed by atoms with Gasteiger partial charge in [-0.05, 0) is 65.6 Å². The van der Waals surface area contributed by atoms with Crippen LogP contribution in [0.25, 0.3) is 0 Å². The molecule has 0 bridgehead atoms. The lowest BCUT2D eigenvalue weighted by molar-refractivity contribution is -0.116. The minimum absolute atomic E-state index is 0.0828. The zero-order chi connectivity index (χ0) is 26.2. The second-order valence-electron chi connectivity index (χ2n) is 9.31. The van der Waals surface area contributed by atoms with Gasteiger partial charge in [0, 0.05) is 50.7 Å². The number of halogens is 2. The minimum atomic E-state index is -0.461. The number of anilines is 3. The van der Waals surface area contributed by atoms with E-state index in [4.69, 9.17) is 0 Å². The van der Waals surface area contributed by atoms with E-state index in [-0.39, 0.29) is 30.7 Å². The molecule has 0 unspecified atom stereocenters. The summed E-state index contributed by atoms with van der Waals surface area (Å²) in [6.45, 7) is 4.34. The van der Waals surface area contributed by atoms with Crippen LogP contribution in [0.3, 0.4) is 0 Å². The first-order valence-corrected chi connectivity index (χ1v) is 11.8. The summed E-state index contributed by atoms with van der Waals surface area (Å²) in [7, 11) is 3.79. The molecule has 0 saturated carbocycles. The average molecular weight is 495 g/mol. The summed E-state index contributed by atoms with van der Waals surface area (Å²) in [5.74, 6) is -0.685. The number of nitrogens with zero attached hydrogens (tertiary/aromatic N) is 2. The molecule has 6 nitrogen and oxygen atoms in total. The Morgan fingerprint density at radius 3 is 2.17 bits per heavy atom. The zero-order valence-electron chi connectivity index (χ0n) is 21.0. The Kier molecular flexibility index (Phi) is 9.00. The maximum Gasteiger partial charge on any atom is 0.322 e. The Morgan fingerprint density at radius 1 is 0.833 bits per heavy atom. The molecular weight excluding hydrogens is 462 g/mol. The van der Waals surface area contributed by atoms with Crippen molar-refractivity contribution in [2.24, 2.45) is 5.92 Å². The molecule has 36 heavy (non-hydrogen) atoms. The van der Waals surface area contributed by atoms with Crippen molar-refractivity contribution in [3.63, 3.8) is 0 Å². The van der Waals surface area contributed by atoms with Crippen LogP contribution in [-0.2, 0) is 17.9 Å². The van der Waals surface area contributed by atoms with Crippen LogP contribution >= 0.6 is 0 Å². The largest absolute Gasteiger partial charge is 0.377 e. The third kappa shape index (κ3) is 7.80. The third-order valence-electron chi connectivity index (χ3n) is 5.45. The van der Waals surface area contributed by atoms with Crippen LogP contribution in [0.4, 0.5) is 30.6 Å². The van der Waals surface area contributed by atoms with Crippen molar-refractivity contribution >= 4 is 29.0 Å². The summed E-state index contributed by atoms with van der Waals surface area (Å²) in [4.78, 5) is 29.1. The predicted molar refractivity (Wildman–Crippen MR) is 140 cm³/mol. The molecule has 3 aromatic rings. The van der Waals surface area contributed by atoms with Gasteiger partial charge >= 0.3 is 6.03 Å². The molecule has 190 valence electrons. The maximum atomic E-state index is 13.7. The van der Waals surface area contributed by atoms with E-state index in [1.54, 1.807) is 23.1 Å². The number of hydrogen-bond donors (Lipinski definition) is 2. The second-order valence-corrected chi connectivity index (χ2v) is 9.31. The predicted octanol–water partition coefficient (Wildman–Crippen LogP) is 6.25. The Balaban J connectivity index is 1.91. The Labute approximate surface area is 210 Å². The van der Waals surface area contributed by atoms with Crippen molar-refractivity contribution < 1.29 is 18.4 Å². The molecule has 0 aromatic heterocycles. The number of benzene rings is 3. The van der Waals surface area contributed by atoms with Gasteiger partial charge in [-0.2, -0.15) is 0 Å². The Morgan fingerprint density at radius 2 is 1.53 bits per heavy atom. The highest BCUT2D eigenvalue weighted by Gasteiger charge is 2.19. The molecule has 0 radical (unpaired) electrons. The van der Waals surface area contributed by atoms with E-state index >= 15 is 0 Å². The van der Waals surface area contributed by atoms with Crippen LogP contribution in [-0.4, -0.2) is 30.9 Å². The van der Waals surface area contributed by atoms with Crippen molar-refractivity contribution in [3.05, 3.63) is 89.5 Å². The van der Waals surface area contributed by atoms with Gasteiger partial charge in [0.05, 0.1) is 0 Å². The summed E-state index contributed by atoms with van der Waals surface area (Å²) in [5.41, 5.74) is 3.37. The number of carbonyl (C=O) groups is 2. The number of carbonyl (C=O) groups excluding carboxylic acids is 2. The lowest BCUT2D eigenvalue weighted by Crippen LogP contribution is -2.34. The molecule has 0 saturated heterocycles. The van der Waals surface area contributed by atoms with Gasteiger partial charge in [-0.1, -0.05) is 32.0 Å².